The number of fused-ring (bicyclic) bond motifs is 1. The lowest BCUT2D eigenvalue weighted by Gasteiger charge is -2.14. The van der Waals surface area contributed by atoms with Crippen LogP contribution in [0.1, 0.15) is 24.0 Å². The van der Waals surface area contributed by atoms with Crippen LogP contribution in [0.5, 0.6) is 0 Å². The number of esters is 1. The molecule has 19 heavy (non-hydrogen) atoms. The summed E-state index contributed by atoms with van der Waals surface area (Å²) in [6.45, 7) is 3.47. The van der Waals surface area contributed by atoms with Crippen LogP contribution in [0.25, 0.3) is 10.9 Å². The Hall–Kier alpha value is -1.68. The lowest BCUT2D eigenvalue weighted by atomic mass is 9.96. The molecule has 100 valence electrons. The van der Waals surface area contributed by atoms with Crippen molar-refractivity contribution < 1.29 is 13.9 Å². The Kier molecular flexibility index (Phi) is 3.71. The van der Waals surface area contributed by atoms with Gasteiger partial charge in [0.05, 0.1) is 18.5 Å². The SMILES string of the molecule is COC(=O)C(C)c1cc(Cl)nc2c(C)ccc(F)c12. The van der Waals surface area contributed by atoms with Crippen molar-refractivity contribution in [3.8, 4) is 0 Å². The van der Waals surface area contributed by atoms with Gasteiger partial charge in [0.1, 0.15) is 11.0 Å². The third kappa shape index (κ3) is 2.40. The van der Waals surface area contributed by atoms with Crippen molar-refractivity contribution in [2.45, 2.75) is 19.8 Å². The lowest BCUT2D eigenvalue weighted by molar-refractivity contribution is -0.141. The van der Waals surface area contributed by atoms with Gasteiger partial charge in [-0.1, -0.05) is 17.7 Å². The molecule has 3 nitrogen and oxygen atoms in total. The smallest absolute Gasteiger partial charge is 0.312 e. The van der Waals surface area contributed by atoms with Crippen molar-refractivity contribution in [2.24, 2.45) is 0 Å². The van der Waals surface area contributed by atoms with E-state index in [2.05, 4.69) is 4.98 Å². The molecule has 0 radical (unpaired) electrons. The number of hydrogen-bond donors (Lipinski definition) is 0. The molecule has 0 spiro atoms. The molecule has 0 saturated heterocycles. The predicted molar refractivity (Wildman–Crippen MR) is 71.9 cm³/mol. The Balaban J connectivity index is 2.80. The predicted octanol–water partition coefficient (Wildman–Crippen LogP) is 3.61. The van der Waals surface area contributed by atoms with Gasteiger partial charge in [0.25, 0.3) is 0 Å². The Morgan fingerprint density at radius 2 is 2.16 bits per heavy atom. The van der Waals surface area contributed by atoms with Crippen molar-refractivity contribution in [1.29, 1.82) is 0 Å². The Morgan fingerprint density at radius 1 is 1.47 bits per heavy atom. The quantitative estimate of drug-likeness (QED) is 0.623. The molecule has 1 aromatic carbocycles. The van der Waals surface area contributed by atoms with Crippen molar-refractivity contribution in [1.82, 2.24) is 4.98 Å². The fraction of sp³-hybridized carbons (Fsp3) is 0.286. The zero-order valence-electron chi connectivity index (χ0n) is 10.8. The van der Waals surface area contributed by atoms with E-state index < -0.39 is 17.7 Å². The van der Waals surface area contributed by atoms with Gasteiger partial charge in [-0.15, -0.1) is 0 Å². The summed E-state index contributed by atoms with van der Waals surface area (Å²) in [7, 11) is 1.30. The lowest BCUT2D eigenvalue weighted by Crippen LogP contribution is -2.12. The van der Waals surface area contributed by atoms with Crippen LogP contribution in [0.4, 0.5) is 4.39 Å². The van der Waals surface area contributed by atoms with Gasteiger partial charge in [-0.3, -0.25) is 4.79 Å². The highest BCUT2D eigenvalue weighted by molar-refractivity contribution is 6.30. The highest BCUT2D eigenvalue weighted by atomic mass is 35.5. The van der Waals surface area contributed by atoms with E-state index >= 15 is 0 Å². The van der Waals surface area contributed by atoms with Gasteiger partial charge in [-0.25, -0.2) is 9.37 Å². The summed E-state index contributed by atoms with van der Waals surface area (Å²) in [6, 6.07) is 4.50. The maximum atomic E-state index is 14.1. The Labute approximate surface area is 115 Å². The minimum absolute atomic E-state index is 0.229. The molecule has 0 N–H and O–H groups in total. The molecule has 0 saturated carbocycles. The number of benzene rings is 1. The first-order chi connectivity index (χ1) is 8.95. The largest absolute Gasteiger partial charge is 0.469 e. The first kappa shape index (κ1) is 13.7. The fourth-order valence-electron chi connectivity index (χ4n) is 2.07. The highest BCUT2D eigenvalue weighted by Crippen LogP contribution is 2.31. The molecule has 2 aromatic rings. The minimum Gasteiger partial charge on any atom is -0.469 e. The molecule has 1 heterocycles. The maximum Gasteiger partial charge on any atom is 0.312 e. The molecule has 1 aromatic heterocycles. The minimum atomic E-state index is -0.607. The molecular formula is C14H13ClFNO2. The molecule has 5 heteroatoms. The van der Waals surface area contributed by atoms with Crippen LogP contribution in [0.3, 0.4) is 0 Å². The van der Waals surface area contributed by atoms with Gasteiger partial charge < -0.3 is 4.74 Å². The van der Waals surface area contributed by atoms with Gasteiger partial charge in [0.2, 0.25) is 0 Å². The number of aryl methyl sites for hydroxylation is 1. The van der Waals surface area contributed by atoms with Crippen LogP contribution in [0, 0.1) is 12.7 Å². The molecule has 0 aliphatic carbocycles. The van der Waals surface area contributed by atoms with Crippen molar-refractivity contribution in [3.63, 3.8) is 0 Å². The van der Waals surface area contributed by atoms with Crippen LogP contribution < -0.4 is 0 Å². The average molecular weight is 282 g/mol. The van der Waals surface area contributed by atoms with Gasteiger partial charge in [0, 0.05) is 5.39 Å². The zero-order valence-corrected chi connectivity index (χ0v) is 11.6. The van der Waals surface area contributed by atoms with Crippen LogP contribution in [-0.2, 0) is 9.53 Å². The number of carbonyl (C=O) groups is 1. The number of rotatable bonds is 2. The van der Waals surface area contributed by atoms with E-state index in [0.717, 1.165) is 5.56 Å². The number of pyridine rings is 1. The van der Waals surface area contributed by atoms with E-state index in [1.54, 1.807) is 13.0 Å². The van der Waals surface area contributed by atoms with E-state index in [-0.39, 0.29) is 5.15 Å². The molecule has 0 aliphatic rings. The number of hydrogen-bond acceptors (Lipinski definition) is 3. The first-order valence-electron chi connectivity index (χ1n) is 5.78. The molecule has 0 aliphatic heterocycles. The standard InChI is InChI=1S/C14H13ClFNO2/c1-7-4-5-10(16)12-9(8(2)14(18)19-3)6-11(15)17-13(7)12/h4-6,8H,1-3H3. The van der Waals surface area contributed by atoms with Gasteiger partial charge >= 0.3 is 5.97 Å². The number of aromatic nitrogens is 1. The van der Waals surface area contributed by atoms with E-state index in [0.29, 0.717) is 16.5 Å². The van der Waals surface area contributed by atoms with E-state index in [4.69, 9.17) is 16.3 Å². The van der Waals surface area contributed by atoms with Crippen LogP contribution in [-0.4, -0.2) is 18.1 Å². The number of methoxy groups -OCH3 is 1. The Morgan fingerprint density at radius 3 is 2.79 bits per heavy atom. The molecule has 1 unspecified atom stereocenters. The summed E-state index contributed by atoms with van der Waals surface area (Å²) in [5.41, 5.74) is 1.76. The van der Waals surface area contributed by atoms with Gasteiger partial charge in [-0.05, 0) is 37.1 Å². The van der Waals surface area contributed by atoms with Crippen LogP contribution in [0.2, 0.25) is 5.15 Å². The van der Waals surface area contributed by atoms with Crippen molar-refractivity contribution >= 4 is 28.5 Å². The molecular weight excluding hydrogens is 269 g/mol. The van der Waals surface area contributed by atoms with Gasteiger partial charge in [0.15, 0.2) is 0 Å². The van der Waals surface area contributed by atoms with Crippen molar-refractivity contribution in [3.05, 3.63) is 40.3 Å². The van der Waals surface area contributed by atoms with Gasteiger partial charge in [-0.2, -0.15) is 0 Å². The fourth-order valence-corrected chi connectivity index (χ4v) is 2.28. The highest BCUT2D eigenvalue weighted by Gasteiger charge is 2.22. The average Bonchev–Trinajstić information content (AvgIpc) is 2.40. The van der Waals surface area contributed by atoms with E-state index in [9.17, 15) is 9.18 Å². The molecule has 0 fully saturated rings. The topological polar surface area (TPSA) is 39.2 Å². The molecule has 0 bridgehead atoms. The van der Waals surface area contributed by atoms with Crippen molar-refractivity contribution in [2.75, 3.05) is 7.11 Å². The normalized spacial score (nSPS) is 12.5. The van der Waals surface area contributed by atoms with Crippen LogP contribution >= 0.6 is 11.6 Å². The summed E-state index contributed by atoms with van der Waals surface area (Å²) >= 11 is 5.95. The third-order valence-corrected chi connectivity index (χ3v) is 3.33. The molecule has 2 rings (SSSR count). The number of nitrogens with zero attached hydrogens (tertiary/aromatic N) is 1. The number of halogens is 2. The zero-order chi connectivity index (χ0) is 14.2. The second kappa shape index (κ2) is 5.13. The Bertz CT molecular complexity index is 657. The summed E-state index contributed by atoms with van der Waals surface area (Å²) < 4.78 is 18.8. The molecule has 0 amide bonds. The van der Waals surface area contributed by atoms with E-state index in [1.165, 1.54) is 19.2 Å². The summed E-state index contributed by atoms with van der Waals surface area (Å²) in [5, 5.41) is 0.550. The third-order valence-electron chi connectivity index (χ3n) is 3.13. The molecule has 1 atom stereocenters. The van der Waals surface area contributed by atoms with E-state index in [1.807, 2.05) is 6.92 Å². The number of carbonyl (C=O) groups excluding carboxylic acids is 1. The number of ether oxygens (including phenoxy) is 1. The second-order valence-corrected chi connectivity index (χ2v) is 4.75. The van der Waals surface area contributed by atoms with Crippen LogP contribution in [0.15, 0.2) is 18.2 Å². The maximum absolute atomic E-state index is 14.1. The monoisotopic (exact) mass is 281 g/mol. The second-order valence-electron chi connectivity index (χ2n) is 4.37. The first-order valence-corrected chi connectivity index (χ1v) is 6.16. The summed E-state index contributed by atoms with van der Waals surface area (Å²) in [4.78, 5) is 15.8. The summed E-state index contributed by atoms with van der Waals surface area (Å²) in [6.07, 6.45) is 0. The summed E-state index contributed by atoms with van der Waals surface area (Å²) in [5.74, 6) is -1.47.